The molecule has 0 atom stereocenters. The van der Waals surface area contributed by atoms with E-state index < -0.39 is 0 Å². The summed E-state index contributed by atoms with van der Waals surface area (Å²) < 4.78 is 9.57. The molecule has 84 heavy (non-hydrogen) atoms. The van der Waals surface area contributed by atoms with Crippen LogP contribution in [0.5, 0.6) is 0 Å². The van der Waals surface area contributed by atoms with Crippen molar-refractivity contribution in [3.05, 3.63) is 208 Å². The molecule has 0 fully saturated rings. The van der Waals surface area contributed by atoms with Crippen molar-refractivity contribution in [2.45, 2.75) is 0 Å². The van der Waals surface area contributed by atoms with E-state index in [0.29, 0.717) is 186 Å². The standard InChI is InChI=1S/C66H24N12O6/c79-61-31-15-17-33-51-27(11-9-25(49(31)51)55-67-37-5-1-3-7-43(37)73(55)61)57-69-39-21-41-47(23-45(39)75(57)63(33)81)77-59(71-41)29-13-14-30-54-36(20-19-35(53(29)54)65(77)83)66(84)78-48-24-46-40(22-42(48)72-60(30)78)70-58-28-12-10-26-50-32(16-18-34(52(28)50)64(82)76(46)58)62(80)74-44-8-4-2-6-38(44)68-56(26)74/h1-24H. The molecule has 0 N–H and O–H groups in total. The first-order valence-corrected chi connectivity index (χ1v) is 27.1. The molecule has 0 bridgehead atoms. The Bertz CT molecular complexity index is 7010. The minimum Gasteiger partial charge on any atom is -0.268 e. The molecule has 22 rings (SSSR count). The number of nitrogens with zero attached hydrogens (tertiary/aromatic N) is 12. The molecule has 12 aromatic heterocycles. The number of fused-ring (bicyclic) bond motifs is 24. The Morgan fingerprint density at radius 3 is 0.655 bits per heavy atom. The number of aromatic nitrogens is 12. The normalized spacial score (nSPS) is 13.3. The van der Waals surface area contributed by atoms with Gasteiger partial charge >= 0.3 is 0 Å². The largest absolute Gasteiger partial charge is 0.268 e. The molecule has 0 saturated heterocycles. The summed E-state index contributed by atoms with van der Waals surface area (Å²) in [6.45, 7) is 0. The molecule has 384 valence electrons. The van der Waals surface area contributed by atoms with Crippen molar-refractivity contribution < 1.29 is 0 Å². The second-order valence-electron chi connectivity index (χ2n) is 22.3. The second-order valence-corrected chi connectivity index (χ2v) is 22.3. The average Bonchev–Trinajstić information content (AvgIpc) is 1.50. The van der Waals surface area contributed by atoms with Crippen LogP contribution in [0.25, 0.3) is 197 Å². The summed E-state index contributed by atoms with van der Waals surface area (Å²) in [4.78, 5) is 119. The molecule has 22 aromatic rings. The fraction of sp³-hybridized carbons (Fsp3) is 0. The van der Waals surface area contributed by atoms with Crippen molar-refractivity contribution in [1.82, 2.24) is 56.3 Å². The highest BCUT2D eigenvalue weighted by Gasteiger charge is 2.28. The Morgan fingerprint density at radius 2 is 0.405 bits per heavy atom. The molecule has 0 aliphatic carbocycles. The van der Waals surface area contributed by atoms with Crippen molar-refractivity contribution in [3.8, 4) is 0 Å². The van der Waals surface area contributed by atoms with Gasteiger partial charge < -0.3 is 0 Å². The molecule has 18 nitrogen and oxygen atoms in total. The molecule has 12 heterocycles. The summed E-state index contributed by atoms with van der Waals surface area (Å²) >= 11 is 0. The van der Waals surface area contributed by atoms with E-state index in [0.717, 1.165) is 10.8 Å². The van der Waals surface area contributed by atoms with Gasteiger partial charge in [-0.05, 0) is 121 Å². The van der Waals surface area contributed by atoms with Gasteiger partial charge in [-0.3, -0.25) is 55.2 Å². The van der Waals surface area contributed by atoms with E-state index in [4.69, 9.17) is 29.9 Å². The van der Waals surface area contributed by atoms with E-state index in [1.165, 1.54) is 0 Å². The number of hydrogen-bond acceptors (Lipinski definition) is 12. The Labute approximate surface area is 459 Å². The number of imidazole rings is 6. The van der Waals surface area contributed by atoms with Gasteiger partial charge in [0.15, 0.2) is 0 Å². The smallest absolute Gasteiger partial charge is 0.264 e. The molecule has 18 heteroatoms. The minimum absolute atomic E-state index is 0.221. The van der Waals surface area contributed by atoms with Crippen LogP contribution in [0.4, 0.5) is 0 Å². The quantitative estimate of drug-likeness (QED) is 0.130. The molecule has 0 saturated carbocycles. The Balaban J connectivity index is 0.748. The highest BCUT2D eigenvalue weighted by molar-refractivity contribution is 6.31. The Kier molecular flexibility index (Phi) is 6.56. The van der Waals surface area contributed by atoms with E-state index in [1.54, 1.807) is 87.1 Å². The number of hydrogen-bond donors (Lipinski definition) is 0. The monoisotopic (exact) mass is 1080 g/mol. The van der Waals surface area contributed by atoms with Crippen LogP contribution in [-0.4, -0.2) is 56.3 Å². The van der Waals surface area contributed by atoms with Crippen molar-refractivity contribution in [2.24, 2.45) is 0 Å². The number of benzene rings is 10. The lowest BCUT2D eigenvalue weighted by atomic mass is 9.96. The van der Waals surface area contributed by atoms with Gasteiger partial charge in [-0.2, -0.15) is 0 Å². The number of rotatable bonds is 0. The first kappa shape index (κ1) is 41.8. The Hall–Kier alpha value is -12.2. The summed E-state index contributed by atoms with van der Waals surface area (Å²) in [6, 6.07) is 44.0. The molecular weight excluding hydrogens is 1060 g/mol. The van der Waals surface area contributed by atoms with E-state index in [2.05, 4.69) is 0 Å². The predicted molar refractivity (Wildman–Crippen MR) is 326 cm³/mol. The lowest BCUT2D eigenvalue weighted by Crippen LogP contribution is -2.17. The van der Waals surface area contributed by atoms with Gasteiger partial charge in [0.25, 0.3) is 33.4 Å². The van der Waals surface area contributed by atoms with Gasteiger partial charge in [-0.15, -0.1) is 0 Å². The predicted octanol–water partition coefficient (Wildman–Crippen LogP) is 9.66. The lowest BCUT2D eigenvalue weighted by Gasteiger charge is -2.12. The van der Waals surface area contributed by atoms with Crippen molar-refractivity contribution in [1.29, 1.82) is 0 Å². The summed E-state index contributed by atoms with van der Waals surface area (Å²) in [7, 11) is 0. The maximum absolute atomic E-state index is 15.1. The van der Waals surface area contributed by atoms with Crippen LogP contribution >= 0.6 is 0 Å². The second kappa shape index (κ2) is 13.2. The van der Waals surface area contributed by atoms with E-state index in [1.807, 2.05) is 84.9 Å². The van der Waals surface area contributed by atoms with Gasteiger partial charge in [0, 0.05) is 97.0 Å². The molecule has 0 unspecified atom stereocenters. The third kappa shape index (κ3) is 4.35. The van der Waals surface area contributed by atoms with Crippen LogP contribution < -0.4 is 33.4 Å². The lowest BCUT2D eigenvalue weighted by molar-refractivity contribution is 1.17. The van der Waals surface area contributed by atoms with Crippen LogP contribution in [0, 0.1) is 0 Å². The molecule has 0 spiro atoms. The van der Waals surface area contributed by atoms with E-state index >= 15 is 9.59 Å². The van der Waals surface area contributed by atoms with Crippen molar-refractivity contribution >= 4 is 197 Å². The van der Waals surface area contributed by atoms with Crippen molar-refractivity contribution in [2.75, 3.05) is 0 Å². The van der Waals surface area contributed by atoms with E-state index in [9.17, 15) is 19.2 Å². The van der Waals surface area contributed by atoms with Crippen molar-refractivity contribution in [3.63, 3.8) is 0 Å². The van der Waals surface area contributed by atoms with Gasteiger partial charge in [0.2, 0.25) is 0 Å². The van der Waals surface area contributed by atoms with Gasteiger partial charge in [-0.25, -0.2) is 29.9 Å². The van der Waals surface area contributed by atoms with Gasteiger partial charge in [0.1, 0.15) is 33.9 Å². The molecule has 10 aromatic carbocycles. The average molecular weight is 1080 g/mol. The minimum atomic E-state index is -0.357. The number of pyridine rings is 6. The van der Waals surface area contributed by atoms with Crippen LogP contribution in [-0.2, 0) is 0 Å². The highest BCUT2D eigenvalue weighted by atomic mass is 16.2. The van der Waals surface area contributed by atoms with Crippen LogP contribution in [0.2, 0.25) is 0 Å². The summed E-state index contributed by atoms with van der Waals surface area (Å²) in [5.74, 6) is 0. The molecular formula is C66H24N12O6. The maximum atomic E-state index is 15.1. The molecule has 0 aliphatic rings. The van der Waals surface area contributed by atoms with Gasteiger partial charge in [0.05, 0.1) is 66.2 Å². The summed E-state index contributed by atoms with van der Waals surface area (Å²) in [5, 5.41) is 10.4. The zero-order valence-corrected chi connectivity index (χ0v) is 42.7. The number of para-hydroxylation sites is 4. The molecule has 0 radical (unpaired) electrons. The van der Waals surface area contributed by atoms with Crippen LogP contribution in [0.15, 0.2) is 174 Å². The van der Waals surface area contributed by atoms with Crippen LogP contribution in [0.3, 0.4) is 0 Å². The zero-order chi connectivity index (χ0) is 54.9. The third-order valence-electron chi connectivity index (χ3n) is 18.5. The first-order valence-electron chi connectivity index (χ1n) is 27.1. The Morgan fingerprint density at radius 1 is 0.202 bits per heavy atom. The van der Waals surface area contributed by atoms with Gasteiger partial charge in [-0.1, -0.05) is 24.3 Å². The maximum Gasteiger partial charge on any atom is 0.264 e. The molecule has 0 amide bonds. The summed E-state index contributed by atoms with van der Waals surface area (Å²) in [6.07, 6.45) is 0. The zero-order valence-electron chi connectivity index (χ0n) is 42.7. The third-order valence-corrected chi connectivity index (χ3v) is 18.5. The SMILES string of the molecule is O=c1c2ccc3c(=O)n4c5cc6c(cc5nc4c4ccc(c2c34)c2nc3ccccc3n12)nc1c2ccc3c4c(ccc(c(=O)n61)c24)c(=O)n1c2cc4c(cc2nc31)nc1c2ccc3c5c(ccc(c(=O)n41)c25)c(=O)n1c2ccccc2nc31. The summed E-state index contributed by atoms with van der Waals surface area (Å²) in [5.41, 5.74) is 7.48. The van der Waals surface area contributed by atoms with Crippen LogP contribution in [0.1, 0.15) is 0 Å². The molecule has 0 aliphatic heterocycles. The fourth-order valence-electron chi connectivity index (χ4n) is 15.1. The highest BCUT2D eigenvalue weighted by Crippen LogP contribution is 2.42. The van der Waals surface area contributed by atoms with E-state index in [-0.39, 0.29) is 33.4 Å². The fourth-order valence-corrected chi connectivity index (χ4v) is 15.1. The first-order chi connectivity index (χ1) is 41.2. The topological polar surface area (TPSA) is 206 Å².